The maximum absolute atomic E-state index is 9.49. The third kappa shape index (κ3) is 3.64. The van der Waals surface area contributed by atoms with E-state index < -0.39 is 6.10 Å². The number of rotatable bonds is 4. The molecular weight excluding hydrogens is 236 g/mol. The molecule has 0 saturated heterocycles. The van der Waals surface area contributed by atoms with Crippen LogP contribution in [0.15, 0.2) is 28.3 Å². The second kappa shape index (κ2) is 5.93. The molecule has 17 heavy (non-hydrogen) atoms. The van der Waals surface area contributed by atoms with Gasteiger partial charge in [-0.25, -0.2) is 0 Å². The van der Waals surface area contributed by atoms with Crippen LogP contribution in [0, 0.1) is 6.92 Å². The van der Waals surface area contributed by atoms with Gasteiger partial charge in [-0.15, -0.1) is 11.8 Å². The van der Waals surface area contributed by atoms with Crippen molar-refractivity contribution in [2.24, 2.45) is 10.9 Å². The zero-order valence-corrected chi connectivity index (χ0v) is 11.0. The molecule has 0 aliphatic carbocycles. The molecule has 1 rings (SSSR count). The number of amidine groups is 1. The highest BCUT2D eigenvalue weighted by Gasteiger charge is 2.14. The first-order chi connectivity index (χ1) is 7.95. The average molecular weight is 254 g/mol. The second-order valence-electron chi connectivity index (χ2n) is 4.05. The SMILES string of the molecule is Cc1ccc(SC(C)C(C)O)c(/C(N)=N/O)c1. The lowest BCUT2D eigenvalue weighted by molar-refractivity contribution is 0.196. The lowest BCUT2D eigenvalue weighted by atomic mass is 10.1. The van der Waals surface area contributed by atoms with Crippen molar-refractivity contribution in [1.29, 1.82) is 0 Å². The summed E-state index contributed by atoms with van der Waals surface area (Å²) < 4.78 is 0. The van der Waals surface area contributed by atoms with E-state index in [0.717, 1.165) is 10.5 Å². The zero-order chi connectivity index (χ0) is 13.0. The molecule has 0 fully saturated rings. The minimum Gasteiger partial charge on any atom is -0.409 e. The standard InChI is InChI=1S/C12H18N2O2S/c1-7-4-5-11(17-9(3)8(2)15)10(6-7)12(13)14-16/h4-6,8-9,15-16H,1-3H3,(H2,13,14). The summed E-state index contributed by atoms with van der Waals surface area (Å²) in [7, 11) is 0. The van der Waals surface area contributed by atoms with Gasteiger partial charge in [0.1, 0.15) is 0 Å². The molecule has 0 saturated carbocycles. The molecule has 0 radical (unpaired) electrons. The van der Waals surface area contributed by atoms with Crippen LogP contribution in [-0.2, 0) is 0 Å². The predicted molar refractivity (Wildman–Crippen MR) is 70.7 cm³/mol. The van der Waals surface area contributed by atoms with Gasteiger partial charge in [0, 0.05) is 15.7 Å². The summed E-state index contributed by atoms with van der Waals surface area (Å²) in [5.41, 5.74) is 7.38. The Balaban J connectivity index is 3.07. The van der Waals surface area contributed by atoms with Crippen LogP contribution < -0.4 is 5.73 Å². The van der Waals surface area contributed by atoms with E-state index in [2.05, 4.69) is 5.16 Å². The fourth-order valence-corrected chi connectivity index (χ4v) is 2.33. The summed E-state index contributed by atoms with van der Waals surface area (Å²) in [5.74, 6) is 0.0917. The number of nitrogens with zero attached hydrogens (tertiary/aromatic N) is 1. The molecule has 0 aliphatic heterocycles. The smallest absolute Gasteiger partial charge is 0.171 e. The molecular formula is C12H18N2O2S. The number of aryl methyl sites for hydroxylation is 1. The van der Waals surface area contributed by atoms with Gasteiger partial charge in [-0.3, -0.25) is 0 Å². The number of oxime groups is 1. The monoisotopic (exact) mass is 254 g/mol. The minimum absolute atomic E-state index is 0.0444. The van der Waals surface area contributed by atoms with Gasteiger partial charge in [-0.2, -0.15) is 0 Å². The van der Waals surface area contributed by atoms with Crippen LogP contribution in [0.4, 0.5) is 0 Å². The highest BCUT2D eigenvalue weighted by atomic mass is 32.2. The Hall–Kier alpha value is -1.20. The molecule has 2 unspecified atom stereocenters. The van der Waals surface area contributed by atoms with Gasteiger partial charge in [-0.1, -0.05) is 23.7 Å². The van der Waals surface area contributed by atoms with Gasteiger partial charge < -0.3 is 16.0 Å². The molecule has 4 N–H and O–H groups in total. The molecule has 0 amide bonds. The van der Waals surface area contributed by atoms with E-state index in [9.17, 15) is 5.11 Å². The molecule has 94 valence electrons. The van der Waals surface area contributed by atoms with Gasteiger partial charge in [0.15, 0.2) is 5.84 Å². The van der Waals surface area contributed by atoms with Crippen molar-refractivity contribution >= 4 is 17.6 Å². The van der Waals surface area contributed by atoms with E-state index in [0.29, 0.717) is 5.56 Å². The van der Waals surface area contributed by atoms with Gasteiger partial charge in [0.25, 0.3) is 0 Å². The Labute approximate surface area is 106 Å². The van der Waals surface area contributed by atoms with E-state index >= 15 is 0 Å². The number of benzene rings is 1. The Kier molecular flexibility index (Phi) is 4.84. The van der Waals surface area contributed by atoms with Gasteiger partial charge in [0.05, 0.1) is 6.10 Å². The second-order valence-corrected chi connectivity index (χ2v) is 5.47. The molecule has 0 heterocycles. The minimum atomic E-state index is -0.415. The summed E-state index contributed by atoms with van der Waals surface area (Å²) in [6.07, 6.45) is -0.415. The van der Waals surface area contributed by atoms with Gasteiger partial charge >= 0.3 is 0 Å². The van der Waals surface area contributed by atoms with Crippen molar-refractivity contribution < 1.29 is 10.3 Å². The van der Waals surface area contributed by atoms with Crippen molar-refractivity contribution in [3.05, 3.63) is 29.3 Å². The summed E-state index contributed by atoms with van der Waals surface area (Å²) >= 11 is 1.51. The number of thioether (sulfide) groups is 1. The number of hydrogen-bond acceptors (Lipinski definition) is 4. The van der Waals surface area contributed by atoms with E-state index in [-0.39, 0.29) is 11.1 Å². The number of hydrogen-bond donors (Lipinski definition) is 3. The van der Waals surface area contributed by atoms with Gasteiger partial charge in [0.2, 0.25) is 0 Å². The highest BCUT2D eigenvalue weighted by Crippen LogP contribution is 2.29. The number of aliphatic hydroxyl groups is 1. The molecule has 5 heteroatoms. The van der Waals surface area contributed by atoms with Crippen molar-refractivity contribution in [3.8, 4) is 0 Å². The first-order valence-corrected chi connectivity index (χ1v) is 6.27. The van der Waals surface area contributed by atoms with Crippen LogP contribution in [-0.4, -0.2) is 27.5 Å². The fourth-order valence-electron chi connectivity index (χ4n) is 1.30. The predicted octanol–water partition coefficient (Wildman–Crippen LogP) is 1.95. The maximum Gasteiger partial charge on any atom is 0.171 e. The molecule has 2 atom stereocenters. The fraction of sp³-hybridized carbons (Fsp3) is 0.417. The van der Waals surface area contributed by atoms with Crippen molar-refractivity contribution in [2.75, 3.05) is 0 Å². The lowest BCUT2D eigenvalue weighted by Crippen LogP contribution is -2.18. The van der Waals surface area contributed by atoms with Gasteiger partial charge in [-0.05, 0) is 26.0 Å². The first kappa shape index (κ1) is 13.9. The molecule has 1 aromatic carbocycles. The van der Waals surface area contributed by atoms with Crippen LogP contribution in [0.2, 0.25) is 0 Å². The first-order valence-electron chi connectivity index (χ1n) is 5.39. The highest BCUT2D eigenvalue weighted by molar-refractivity contribution is 8.00. The maximum atomic E-state index is 9.49. The molecule has 0 bridgehead atoms. The van der Waals surface area contributed by atoms with E-state index in [1.807, 2.05) is 32.0 Å². The third-order valence-electron chi connectivity index (χ3n) is 2.51. The molecule has 0 spiro atoms. The Morgan fingerprint density at radius 3 is 2.59 bits per heavy atom. The average Bonchev–Trinajstić information content (AvgIpc) is 2.30. The van der Waals surface area contributed by atoms with E-state index in [1.54, 1.807) is 6.92 Å². The largest absolute Gasteiger partial charge is 0.409 e. The number of aliphatic hydroxyl groups excluding tert-OH is 1. The van der Waals surface area contributed by atoms with Crippen molar-refractivity contribution in [1.82, 2.24) is 0 Å². The molecule has 0 aliphatic rings. The topological polar surface area (TPSA) is 78.8 Å². The zero-order valence-electron chi connectivity index (χ0n) is 10.2. The summed E-state index contributed by atoms with van der Waals surface area (Å²) in [4.78, 5) is 0.902. The molecule has 0 aromatic heterocycles. The Morgan fingerprint density at radius 2 is 2.06 bits per heavy atom. The lowest BCUT2D eigenvalue weighted by Gasteiger charge is -2.16. The normalized spacial score (nSPS) is 15.6. The van der Waals surface area contributed by atoms with Crippen molar-refractivity contribution in [3.63, 3.8) is 0 Å². The summed E-state index contributed by atoms with van der Waals surface area (Å²) in [6, 6.07) is 5.75. The van der Waals surface area contributed by atoms with Crippen LogP contribution in [0.5, 0.6) is 0 Å². The third-order valence-corrected chi connectivity index (χ3v) is 3.89. The van der Waals surface area contributed by atoms with Crippen LogP contribution in [0.25, 0.3) is 0 Å². The Morgan fingerprint density at radius 1 is 1.41 bits per heavy atom. The molecule has 4 nitrogen and oxygen atoms in total. The van der Waals surface area contributed by atoms with E-state index in [4.69, 9.17) is 10.9 Å². The van der Waals surface area contributed by atoms with Crippen molar-refractivity contribution in [2.45, 2.75) is 37.0 Å². The number of nitrogens with two attached hydrogens (primary N) is 1. The molecule has 1 aromatic rings. The van der Waals surface area contributed by atoms with Crippen LogP contribution >= 0.6 is 11.8 Å². The quantitative estimate of drug-likeness (QED) is 0.252. The summed E-state index contributed by atoms with van der Waals surface area (Å²) in [5, 5.41) is 21.3. The Bertz CT molecular complexity index is 419. The van der Waals surface area contributed by atoms with E-state index in [1.165, 1.54) is 11.8 Å². The van der Waals surface area contributed by atoms with Crippen LogP contribution in [0.3, 0.4) is 0 Å². The van der Waals surface area contributed by atoms with Crippen LogP contribution in [0.1, 0.15) is 25.0 Å². The summed E-state index contributed by atoms with van der Waals surface area (Å²) in [6.45, 7) is 5.63.